The Labute approximate surface area is 150 Å². The Morgan fingerprint density at radius 2 is 1.96 bits per heavy atom. The van der Waals surface area contributed by atoms with Crippen LogP contribution in [-0.2, 0) is 11.3 Å². The lowest BCUT2D eigenvalue weighted by Gasteiger charge is -2.16. The molecule has 1 aliphatic carbocycles. The predicted octanol–water partition coefficient (Wildman–Crippen LogP) is 5.33. The van der Waals surface area contributed by atoms with Gasteiger partial charge in [-0.3, -0.25) is 0 Å². The molecule has 0 amide bonds. The fourth-order valence-corrected chi connectivity index (χ4v) is 3.12. The molecule has 0 heterocycles. The monoisotopic (exact) mass is 338 g/mol. The van der Waals surface area contributed by atoms with Gasteiger partial charge in [0, 0.05) is 5.56 Å². The molecule has 25 heavy (non-hydrogen) atoms. The van der Waals surface area contributed by atoms with Crippen molar-refractivity contribution >= 4 is 5.97 Å². The summed E-state index contributed by atoms with van der Waals surface area (Å²) in [5.41, 5.74) is 5.18. The lowest BCUT2D eigenvalue weighted by Crippen LogP contribution is -2.13. The highest BCUT2D eigenvalue weighted by Crippen LogP contribution is 2.42. The first-order chi connectivity index (χ1) is 12.1. The van der Waals surface area contributed by atoms with Crippen molar-refractivity contribution in [2.45, 2.75) is 52.6 Å². The summed E-state index contributed by atoms with van der Waals surface area (Å²) in [6.45, 7) is 6.96. The zero-order valence-corrected chi connectivity index (χ0v) is 15.3. The number of esters is 1. The predicted molar refractivity (Wildman–Crippen MR) is 99.2 cm³/mol. The standard InChI is InChI=1S/C22H26O3/c1-4-12-24-22(23)19-7-5-6-18(17-9-10-17)20(19)14-25-21-11-8-15(2)13-16(21)3/h5-8,11,13,17H,4,9-10,12,14H2,1-3H3. The molecule has 0 N–H and O–H groups in total. The fourth-order valence-electron chi connectivity index (χ4n) is 3.12. The summed E-state index contributed by atoms with van der Waals surface area (Å²) in [5.74, 6) is 1.17. The molecule has 2 aromatic rings. The van der Waals surface area contributed by atoms with E-state index in [1.165, 1.54) is 24.0 Å². The average molecular weight is 338 g/mol. The molecule has 3 nitrogen and oxygen atoms in total. The maximum atomic E-state index is 12.5. The van der Waals surface area contributed by atoms with E-state index in [1.54, 1.807) is 0 Å². The zero-order valence-electron chi connectivity index (χ0n) is 15.3. The maximum Gasteiger partial charge on any atom is 0.338 e. The Morgan fingerprint density at radius 3 is 2.64 bits per heavy atom. The summed E-state index contributed by atoms with van der Waals surface area (Å²) in [6.07, 6.45) is 3.19. The van der Waals surface area contributed by atoms with Crippen molar-refractivity contribution in [3.63, 3.8) is 0 Å². The van der Waals surface area contributed by atoms with Crippen LogP contribution in [0.3, 0.4) is 0 Å². The lowest BCUT2D eigenvalue weighted by atomic mass is 9.98. The fraction of sp³-hybridized carbons (Fsp3) is 0.409. The van der Waals surface area contributed by atoms with Gasteiger partial charge in [-0.25, -0.2) is 4.79 Å². The van der Waals surface area contributed by atoms with Gasteiger partial charge in [-0.15, -0.1) is 0 Å². The number of ether oxygens (including phenoxy) is 2. The Hall–Kier alpha value is -2.29. The average Bonchev–Trinajstić information content (AvgIpc) is 3.43. The van der Waals surface area contributed by atoms with Crippen molar-refractivity contribution < 1.29 is 14.3 Å². The van der Waals surface area contributed by atoms with Gasteiger partial charge < -0.3 is 9.47 Å². The number of carbonyl (C=O) groups is 1. The first-order valence-corrected chi connectivity index (χ1v) is 9.09. The summed E-state index contributed by atoms with van der Waals surface area (Å²) < 4.78 is 11.5. The molecule has 3 heteroatoms. The van der Waals surface area contributed by atoms with Crippen LogP contribution in [0.15, 0.2) is 36.4 Å². The highest BCUT2D eigenvalue weighted by atomic mass is 16.5. The van der Waals surface area contributed by atoms with Crippen LogP contribution in [0.4, 0.5) is 0 Å². The second kappa shape index (κ2) is 7.73. The van der Waals surface area contributed by atoms with E-state index in [4.69, 9.17) is 9.47 Å². The van der Waals surface area contributed by atoms with Crippen molar-refractivity contribution in [3.05, 3.63) is 64.2 Å². The normalized spacial score (nSPS) is 13.6. The summed E-state index contributed by atoms with van der Waals surface area (Å²) in [6, 6.07) is 12.1. The molecule has 0 aromatic heterocycles. The van der Waals surface area contributed by atoms with E-state index in [-0.39, 0.29) is 5.97 Å². The van der Waals surface area contributed by atoms with E-state index in [0.29, 0.717) is 24.7 Å². The number of carbonyl (C=O) groups excluding carboxylic acids is 1. The Morgan fingerprint density at radius 1 is 1.16 bits per heavy atom. The largest absolute Gasteiger partial charge is 0.489 e. The quantitative estimate of drug-likeness (QED) is 0.640. The minimum Gasteiger partial charge on any atom is -0.489 e. The van der Waals surface area contributed by atoms with Gasteiger partial charge in [0.1, 0.15) is 12.4 Å². The van der Waals surface area contributed by atoms with Crippen molar-refractivity contribution in [1.29, 1.82) is 0 Å². The van der Waals surface area contributed by atoms with Crippen LogP contribution in [-0.4, -0.2) is 12.6 Å². The molecular formula is C22H26O3. The molecule has 1 saturated carbocycles. The summed E-state index contributed by atoms with van der Waals surface area (Å²) >= 11 is 0. The van der Waals surface area contributed by atoms with Crippen LogP contribution < -0.4 is 4.74 Å². The number of aryl methyl sites for hydroxylation is 2. The van der Waals surface area contributed by atoms with Crippen LogP contribution in [0.5, 0.6) is 5.75 Å². The molecule has 0 bridgehead atoms. The minimum atomic E-state index is -0.247. The summed E-state index contributed by atoms with van der Waals surface area (Å²) in [7, 11) is 0. The number of benzene rings is 2. The molecule has 0 saturated heterocycles. The van der Waals surface area contributed by atoms with Crippen molar-refractivity contribution in [3.8, 4) is 5.75 Å². The highest BCUT2D eigenvalue weighted by molar-refractivity contribution is 5.91. The van der Waals surface area contributed by atoms with E-state index >= 15 is 0 Å². The summed E-state index contributed by atoms with van der Waals surface area (Å²) in [5, 5.41) is 0. The molecule has 0 spiro atoms. The molecule has 0 radical (unpaired) electrons. The van der Waals surface area contributed by atoms with E-state index < -0.39 is 0 Å². The second-order valence-corrected chi connectivity index (χ2v) is 6.84. The molecule has 3 rings (SSSR count). The van der Waals surface area contributed by atoms with E-state index in [0.717, 1.165) is 23.3 Å². The second-order valence-electron chi connectivity index (χ2n) is 6.84. The zero-order chi connectivity index (χ0) is 17.8. The highest BCUT2D eigenvalue weighted by Gasteiger charge is 2.28. The van der Waals surface area contributed by atoms with E-state index in [1.807, 2.05) is 38.1 Å². The van der Waals surface area contributed by atoms with Crippen LogP contribution in [0.2, 0.25) is 0 Å². The van der Waals surface area contributed by atoms with Gasteiger partial charge in [-0.05, 0) is 62.3 Å². The van der Waals surface area contributed by atoms with E-state index in [2.05, 4.69) is 19.1 Å². The molecule has 132 valence electrons. The Bertz CT molecular complexity index is 760. The van der Waals surface area contributed by atoms with Gasteiger partial charge in [-0.2, -0.15) is 0 Å². The van der Waals surface area contributed by atoms with Gasteiger partial charge in [0.05, 0.1) is 12.2 Å². The van der Waals surface area contributed by atoms with Gasteiger partial charge in [0.15, 0.2) is 0 Å². The Balaban J connectivity index is 1.86. The minimum absolute atomic E-state index is 0.247. The third-order valence-corrected chi connectivity index (χ3v) is 4.59. The van der Waals surface area contributed by atoms with E-state index in [9.17, 15) is 4.79 Å². The van der Waals surface area contributed by atoms with Crippen molar-refractivity contribution in [2.75, 3.05) is 6.61 Å². The van der Waals surface area contributed by atoms with Gasteiger partial charge >= 0.3 is 5.97 Å². The molecule has 0 atom stereocenters. The SMILES string of the molecule is CCCOC(=O)c1cccc(C2CC2)c1COc1ccc(C)cc1C. The number of rotatable bonds is 7. The third-order valence-electron chi connectivity index (χ3n) is 4.59. The molecule has 1 aliphatic rings. The molecule has 2 aromatic carbocycles. The maximum absolute atomic E-state index is 12.5. The molecule has 1 fully saturated rings. The smallest absolute Gasteiger partial charge is 0.338 e. The van der Waals surface area contributed by atoms with Crippen molar-refractivity contribution in [1.82, 2.24) is 0 Å². The molecule has 0 unspecified atom stereocenters. The van der Waals surface area contributed by atoms with Crippen LogP contribution in [0, 0.1) is 13.8 Å². The van der Waals surface area contributed by atoms with Gasteiger partial charge in [0.25, 0.3) is 0 Å². The van der Waals surface area contributed by atoms with Crippen LogP contribution >= 0.6 is 0 Å². The lowest BCUT2D eigenvalue weighted by molar-refractivity contribution is 0.0502. The Kier molecular flexibility index (Phi) is 5.42. The summed E-state index contributed by atoms with van der Waals surface area (Å²) in [4.78, 5) is 12.5. The van der Waals surface area contributed by atoms with Gasteiger partial charge in [0.2, 0.25) is 0 Å². The number of hydrogen-bond acceptors (Lipinski definition) is 3. The third kappa shape index (κ3) is 4.22. The number of hydrogen-bond donors (Lipinski definition) is 0. The molecular weight excluding hydrogens is 312 g/mol. The topological polar surface area (TPSA) is 35.5 Å². The van der Waals surface area contributed by atoms with Crippen LogP contribution in [0.1, 0.15) is 64.7 Å². The first-order valence-electron chi connectivity index (χ1n) is 9.09. The molecule has 0 aliphatic heterocycles. The van der Waals surface area contributed by atoms with Crippen LogP contribution in [0.25, 0.3) is 0 Å². The van der Waals surface area contributed by atoms with Gasteiger partial charge in [-0.1, -0.05) is 36.8 Å². The van der Waals surface area contributed by atoms with Crippen molar-refractivity contribution in [2.24, 2.45) is 0 Å². The first kappa shape index (κ1) is 17.5.